The van der Waals surface area contributed by atoms with Crippen LogP contribution in [-0.2, 0) is 6.54 Å². The summed E-state index contributed by atoms with van der Waals surface area (Å²) in [5.41, 5.74) is 2.44. The lowest BCUT2D eigenvalue weighted by Crippen LogP contribution is -2.05. The number of hydrogen-bond acceptors (Lipinski definition) is 2. The molecule has 3 nitrogen and oxygen atoms in total. The molecule has 68 valence electrons. The van der Waals surface area contributed by atoms with Gasteiger partial charge in [-0.15, -0.1) is 0 Å². The number of aromatic nitrogens is 2. The minimum atomic E-state index is 0.903. The molecule has 1 N–H and O–H groups in total. The number of hydrogen-bond donors (Lipinski definition) is 1. The van der Waals surface area contributed by atoms with Crippen molar-refractivity contribution in [2.45, 2.75) is 13.5 Å². The fraction of sp³-hybridized carbons (Fsp3) is 0.300. The van der Waals surface area contributed by atoms with Crippen molar-refractivity contribution < 1.29 is 0 Å². The third-order valence-corrected chi connectivity index (χ3v) is 2.16. The molecular weight excluding hydrogens is 162 g/mol. The van der Waals surface area contributed by atoms with Gasteiger partial charge < -0.3 is 9.72 Å². The zero-order chi connectivity index (χ0) is 9.26. The number of nitrogens with one attached hydrogen (secondary N) is 1. The second kappa shape index (κ2) is 3.18. The van der Waals surface area contributed by atoms with Crippen molar-refractivity contribution in [1.29, 1.82) is 0 Å². The fourth-order valence-electron chi connectivity index (χ4n) is 1.49. The van der Waals surface area contributed by atoms with Crippen LogP contribution < -0.4 is 5.32 Å². The van der Waals surface area contributed by atoms with Crippen molar-refractivity contribution in [3.05, 3.63) is 35.9 Å². The zero-order valence-corrected chi connectivity index (χ0v) is 7.91. The SMILES string of the molecule is CNCc1ccn2c(C)ncc2c1. The Morgan fingerprint density at radius 1 is 1.54 bits per heavy atom. The number of imidazole rings is 1. The molecule has 3 heteroatoms. The molecule has 0 spiro atoms. The molecule has 0 unspecified atom stereocenters. The van der Waals surface area contributed by atoms with Gasteiger partial charge in [-0.05, 0) is 31.7 Å². The second-order valence-electron chi connectivity index (χ2n) is 3.17. The van der Waals surface area contributed by atoms with Crippen LogP contribution in [0, 0.1) is 6.92 Å². The van der Waals surface area contributed by atoms with E-state index in [1.54, 1.807) is 0 Å². The van der Waals surface area contributed by atoms with E-state index in [0.717, 1.165) is 17.9 Å². The van der Waals surface area contributed by atoms with Gasteiger partial charge in [0, 0.05) is 12.7 Å². The molecule has 2 aromatic rings. The standard InChI is InChI=1S/C10H13N3/c1-8-12-7-10-5-9(6-11-2)3-4-13(8)10/h3-5,7,11H,6H2,1-2H3. The highest BCUT2D eigenvalue weighted by atomic mass is 15.0. The quantitative estimate of drug-likeness (QED) is 0.746. The first-order valence-electron chi connectivity index (χ1n) is 4.38. The Kier molecular flexibility index (Phi) is 2.02. The van der Waals surface area contributed by atoms with E-state index >= 15 is 0 Å². The molecule has 0 aliphatic heterocycles. The Morgan fingerprint density at radius 2 is 2.38 bits per heavy atom. The van der Waals surface area contributed by atoms with Gasteiger partial charge >= 0.3 is 0 Å². The largest absolute Gasteiger partial charge is 0.316 e. The summed E-state index contributed by atoms with van der Waals surface area (Å²) in [6.45, 7) is 2.91. The van der Waals surface area contributed by atoms with Gasteiger partial charge in [-0.2, -0.15) is 0 Å². The van der Waals surface area contributed by atoms with Gasteiger partial charge in [-0.1, -0.05) is 0 Å². The maximum Gasteiger partial charge on any atom is 0.110 e. The van der Waals surface area contributed by atoms with Crippen molar-refractivity contribution >= 4 is 5.52 Å². The summed E-state index contributed by atoms with van der Waals surface area (Å²) in [6.07, 6.45) is 3.96. The van der Waals surface area contributed by atoms with E-state index in [9.17, 15) is 0 Å². The molecule has 13 heavy (non-hydrogen) atoms. The van der Waals surface area contributed by atoms with Crippen LogP contribution in [0.4, 0.5) is 0 Å². The third kappa shape index (κ3) is 1.42. The lowest BCUT2D eigenvalue weighted by atomic mass is 10.2. The fourth-order valence-corrected chi connectivity index (χ4v) is 1.49. The van der Waals surface area contributed by atoms with Crippen molar-refractivity contribution in [3.63, 3.8) is 0 Å². The van der Waals surface area contributed by atoms with Gasteiger partial charge in [-0.25, -0.2) is 4.98 Å². The van der Waals surface area contributed by atoms with Crippen molar-refractivity contribution in [1.82, 2.24) is 14.7 Å². The summed E-state index contributed by atoms with van der Waals surface area (Å²) in [7, 11) is 1.95. The van der Waals surface area contributed by atoms with Gasteiger partial charge in [0.15, 0.2) is 0 Å². The van der Waals surface area contributed by atoms with Crippen molar-refractivity contribution in [2.24, 2.45) is 0 Å². The highest BCUT2D eigenvalue weighted by Gasteiger charge is 1.98. The van der Waals surface area contributed by atoms with E-state index in [1.165, 1.54) is 5.56 Å². The summed E-state index contributed by atoms with van der Waals surface area (Å²) in [6, 6.07) is 4.26. The molecule has 0 bridgehead atoms. The maximum absolute atomic E-state index is 4.24. The summed E-state index contributed by atoms with van der Waals surface area (Å²) >= 11 is 0. The minimum Gasteiger partial charge on any atom is -0.316 e. The Labute approximate surface area is 77.4 Å². The van der Waals surface area contributed by atoms with Crippen LogP contribution in [0.5, 0.6) is 0 Å². The van der Waals surface area contributed by atoms with E-state index < -0.39 is 0 Å². The molecule has 0 atom stereocenters. The van der Waals surface area contributed by atoms with Gasteiger partial charge in [0.2, 0.25) is 0 Å². The number of rotatable bonds is 2. The highest BCUT2D eigenvalue weighted by molar-refractivity contribution is 5.48. The third-order valence-electron chi connectivity index (χ3n) is 2.16. The monoisotopic (exact) mass is 175 g/mol. The first-order chi connectivity index (χ1) is 6.31. The highest BCUT2D eigenvalue weighted by Crippen LogP contribution is 2.08. The molecule has 0 aliphatic rings. The van der Waals surface area contributed by atoms with Gasteiger partial charge in [-0.3, -0.25) is 0 Å². The molecule has 0 saturated heterocycles. The minimum absolute atomic E-state index is 0.903. The first kappa shape index (κ1) is 8.26. The van der Waals surface area contributed by atoms with E-state index in [0.29, 0.717) is 0 Å². The van der Waals surface area contributed by atoms with E-state index in [1.807, 2.05) is 20.2 Å². The van der Waals surface area contributed by atoms with Crippen LogP contribution >= 0.6 is 0 Å². The maximum atomic E-state index is 4.24. The smallest absolute Gasteiger partial charge is 0.110 e. The summed E-state index contributed by atoms with van der Waals surface area (Å²) in [5.74, 6) is 1.03. The summed E-state index contributed by atoms with van der Waals surface area (Å²) in [4.78, 5) is 4.24. The van der Waals surface area contributed by atoms with Crippen molar-refractivity contribution in [2.75, 3.05) is 7.05 Å². The van der Waals surface area contributed by atoms with Gasteiger partial charge in [0.25, 0.3) is 0 Å². The van der Waals surface area contributed by atoms with E-state index in [2.05, 4.69) is 33.0 Å². The Balaban J connectivity index is 2.50. The average molecular weight is 175 g/mol. The lowest BCUT2D eigenvalue weighted by Gasteiger charge is -2.01. The van der Waals surface area contributed by atoms with Crippen LogP contribution in [0.2, 0.25) is 0 Å². The molecule has 2 rings (SSSR count). The normalized spacial score (nSPS) is 10.9. The Hall–Kier alpha value is -1.35. The van der Waals surface area contributed by atoms with Crippen LogP contribution in [0.1, 0.15) is 11.4 Å². The predicted octanol–water partition coefficient (Wildman–Crippen LogP) is 1.36. The Bertz CT molecular complexity index is 417. The molecule has 2 aromatic heterocycles. The summed E-state index contributed by atoms with van der Waals surface area (Å²) in [5, 5.41) is 3.13. The van der Waals surface area contributed by atoms with Crippen molar-refractivity contribution in [3.8, 4) is 0 Å². The molecule has 0 aromatic carbocycles. The molecule has 0 fully saturated rings. The van der Waals surface area contributed by atoms with E-state index in [4.69, 9.17) is 0 Å². The molecule has 2 heterocycles. The van der Waals surface area contributed by atoms with Crippen LogP contribution in [-0.4, -0.2) is 16.4 Å². The zero-order valence-electron chi connectivity index (χ0n) is 7.91. The average Bonchev–Trinajstić information content (AvgIpc) is 2.48. The van der Waals surface area contributed by atoms with E-state index in [-0.39, 0.29) is 0 Å². The molecule has 0 saturated carbocycles. The number of pyridine rings is 1. The first-order valence-corrected chi connectivity index (χ1v) is 4.38. The Morgan fingerprint density at radius 3 is 3.15 bits per heavy atom. The van der Waals surface area contributed by atoms with Gasteiger partial charge in [0.1, 0.15) is 5.82 Å². The van der Waals surface area contributed by atoms with Crippen LogP contribution in [0.25, 0.3) is 5.52 Å². The summed E-state index contributed by atoms with van der Waals surface area (Å²) < 4.78 is 2.08. The number of fused-ring (bicyclic) bond motifs is 1. The lowest BCUT2D eigenvalue weighted by molar-refractivity contribution is 0.816. The van der Waals surface area contributed by atoms with Crippen LogP contribution in [0.3, 0.4) is 0 Å². The molecule has 0 radical (unpaired) electrons. The predicted molar refractivity (Wildman–Crippen MR) is 52.7 cm³/mol. The second-order valence-corrected chi connectivity index (χ2v) is 3.17. The molecular formula is C10H13N3. The molecule has 0 aliphatic carbocycles. The number of nitrogens with zero attached hydrogens (tertiary/aromatic N) is 2. The van der Waals surface area contributed by atoms with Crippen LogP contribution in [0.15, 0.2) is 24.5 Å². The number of aryl methyl sites for hydroxylation is 1. The topological polar surface area (TPSA) is 29.3 Å². The van der Waals surface area contributed by atoms with Gasteiger partial charge in [0.05, 0.1) is 11.7 Å². The molecule has 0 amide bonds.